The molecule has 1 heterocycles. The molecule has 92 valence electrons. The number of halogens is 1. The number of alkyl halides is 1. The lowest BCUT2D eigenvalue weighted by Crippen LogP contribution is -2.10. The van der Waals surface area contributed by atoms with Gasteiger partial charge in [-0.1, -0.05) is 27.7 Å². The molecule has 1 atom stereocenters. The summed E-state index contributed by atoms with van der Waals surface area (Å²) >= 11 is 4.74. The van der Waals surface area contributed by atoms with E-state index in [2.05, 4.69) is 25.9 Å². The predicted molar refractivity (Wildman–Crippen MR) is 73.2 cm³/mol. The van der Waals surface area contributed by atoms with Crippen LogP contribution in [0.2, 0.25) is 0 Å². The van der Waals surface area contributed by atoms with Gasteiger partial charge in [0.05, 0.1) is 24.2 Å². The third-order valence-electron chi connectivity index (χ3n) is 2.26. The zero-order chi connectivity index (χ0) is 12.3. The van der Waals surface area contributed by atoms with Gasteiger partial charge in [-0.25, -0.2) is 4.98 Å². The van der Waals surface area contributed by atoms with Gasteiger partial charge < -0.3 is 14.8 Å². The normalized spacial score (nSPS) is 12.9. The number of aliphatic hydroxyl groups is 1. The Bertz CT molecular complexity index is 503. The van der Waals surface area contributed by atoms with Crippen LogP contribution in [0.15, 0.2) is 23.4 Å². The van der Waals surface area contributed by atoms with Gasteiger partial charge >= 0.3 is 0 Å². The van der Waals surface area contributed by atoms with E-state index in [-0.39, 0.29) is 6.10 Å². The molecule has 4 nitrogen and oxygen atoms in total. The Balaban J connectivity index is 2.14. The molecule has 0 aliphatic heterocycles. The first-order valence-electron chi connectivity index (χ1n) is 5.13. The number of aliphatic hydroxyl groups excluding tert-OH is 1. The Labute approximate surface area is 112 Å². The van der Waals surface area contributed by atoms with Crippen LogP contribution in [0.25, 0.3) is 11.0 Å². The van der Waals surface area contributed by atoms with E-state index in [0.717, 1.165) is 21.9 Å². The molecule has 0 spiro atoms. The molecule has 0 saturated heterocycles. The van der Waals surface area contributed by atoms with E-state index in [9.17, 15) is 5.11 Å². The average Bonchev–Trinajstić information content (AvgIpc) is 2.77. The molecule has 6 heteroatoms. The molecule has 2 aromatic rings. The van der Waals surface area contributed by atoms with E-state index in [4.69, 9.17) is 4.74 Å². The largest absolute Gasteiger partial charge is 0.497 e. The molecule has 0 aliphatic carbocycles. The number of hydrogen-bond donors (Lipinski definition) is 2. The predicted octanol–water partition coefficient (Wildman–Crippen LogP) is 2.42. The third kappa shape index (κ3) is 3.14. The number of nitrogens with zero attached hydrogens (tertiary/aromatic N) is 1. The van der Waals surface area contributed by atoms with Crippen LogP contribution in [0.1, 0.15) is 0 Å². The van der Waals surface area contributed by atoms with Gasteiger partial charge in [-0.15, -0.1) is 0 Å². The number of nitrogens with one attached hydrogen (secondary N) is 1. The first kappa shape index (κ1) is 12.7. The molecular formula is C11H13BrN2O2S. The number of fused-ring (bicyclic) bond motifs is 1. The lowest BCUT2D eigenvalue weighted by Gasteiger charge is -2.02. The molecule has 2 rings (SSSR count). The number of aromatic amines is 1. The van der Waals surface area contributed by atoms with Crippen LogP contribution in [0.4, 0.5) is 0 Å². The van der Waals surface area contributed by atoms with E-state index >= 15 is 0 Å². The quantitative estimate of drug-likeness (QED) is 0.657. The number of hydrogen-bond acceptors (Lipinski definition) is 4. The standard InChI is InChI=1S/C11H13BrN2O2S/c1-16-8-2-3-9-10(4-8)14-11(13-9)17-6-7(15)5-12/h2-4,7,15H,5-6H2,1H3,(H,13,14). The lowest BCUT2D eigenvalue weighted by atomic mass is 10.3. The van der Waals surface area contributed by atoms with Gasteiger partial charge in [-0.05, 0) is 12.1 Å². The minimum Gasteiger partial charge on any atom is -0.497 e. The molecule has 0 radical (unpaired) electrons. The Morgan fingerprint density at radius 1 is 1.59 bits per heavy atom. The molecule has 17 heavy (non-hydrogen) atoms. The van der Waals surface area contributed by atoms with Crippen LogP contribution in [-0.4, -0.2) is 39.4 Å². The van der Waals surface area contributed by atoms with Crippen LogP contribution < -0.4 is 4.74 Å². The van der Waals surface area contributed by atoms with Gasteiger partial charge in [0.15, 0.2) is 5.16 Å². The summed E-state index contributed by atoms with van der Waals surface area (Å²) in [6, 6.07) is 5.70. The van der Waals surface area contributed by atoms with Crippen LogP contribution in [-0.2, 0) is 0 Å². The molecule has 0 saturated carbocycles. The first-order chi connectivity index (χ1) is 8.22. The van der Waals surface area contributed by atoms with Gasteiger partial charge in [0.1, 0.15) is 5.75 Å². The van der Waals surface area contributed by atoms with Crippen LogP contribution >= 0.6 is 27.7 Å². The molecule has 1 aromatic carbocycles. The fraction of sp³-hybridized carbons (Fsp3) is 0.364. The van der Waals surface area contributed by atoms with Gasteiger partial charge in [0.25, 0.3) is 0 Å². The second kappa shape index (κ2) is 5.75. The Hall–Kier alpha value is -0.720. The Kier molecular flexibility index (Phi) is 4.31. The van der Waals surface area contributed by atoms with E-state index < -0.39 is 0 Å². The minimum absolute atomic E-state index is 0.359. The first-order valence-corrected chi connectivity index (χ1v) is 7.24. The highest BCUT2D eigenvalue weighted by Gasteiger charge is 2.07. The molecular weight excluding hydrogens is 304 g/mol. The van der Waals surface area contributed by atoms with Crippen molar-refractivity contribution in [2.24, 2.45) is 0 Å². The molecule has 0 amide bonds. The van der Waals surface area contributed by atoms with Crippen LogP contribution in [0.5, 0.6) is 5.75 Å². The van der Waals surface area contributed by atoms with Gasteiger partial charge in [-0.2, -0.15) is 0 Å². The van der Waals surface area contributed by atoms with Crippen molar-refractivity contribution in [2.45, 2.75) is 11.3 Å². The van der Waals surface area contributed by atoms with E-state index in [1.54, 1.807) is 7.11 Å². The molecule has 0 fully saturated rings. The smallest absolute Gasteiger partial charge is 0.166 e. The van der Waals surface area contributed by atoms with Crippen molar-refractivity contribution in [1.82, 2.24) is 9.97 Å². The zero-order valence-electron chi connectivity index (χ0n) is 9.31. The van der Waals surface area contributed by atoms with Gasteiger partial charge in [0.2, 0.25) is 0 Å². The number of imidazole rings is 1. The average molecular weight is 317 g/mol. The fourth-order valence-corrected chi connectivity index (χ4v) is 2.73. The lowest BCUT2D eigenvalue weighted by molar-refractivity contribution is 0.226. The summed E-state index contributed by atoms with van der Waals surface area (Å²) in [6.45, 7) is 0. The van der Waals surface area contributed by atoms with Crippen molar-refractivity contribution in [3.8, 4) is 5.75 Å². The van der Waals surface area contributed by atoms with E-state index in [1.807, 2.05) is 18.2 Å². The second-order valence-electron chi connectivity index (χ2n) is 3.54. The van der Waals surface area contributed by atoms with Crippen LogP contribution in [0.3, 0.4) is 0 Å². The number of benzene rings is 1. The van der Waals surface area contributed by atoms with Crippen molar-refractivity contribution in [2.75, 3.05) is 18.2 Å². The molecule has 1 unspecified atom stereocenters. The molecule has 0 bridgehead atoms. The summed E-state index contributed by atoms with van der Waals surface area (Å²) in [4.78, 5) is 7.61. The molecule has 0 aliphatic rings. The van der Waals surface area contributed by atoms with Gasteiger partial charge in [-0.3, -0.25) is 0 Å². The van der Waals surface area contributed by atoms with Crippen molar-refractivity contribution in [3.05, 3.63) is 18.2 Å². The second-order valence-corrected chi connectivity index (χ2v) is 5.20. The Morgan fingerprint density at radius 3 is 3.12 bits per heavy atom. The highest BCUT2D eigenvalue weighted by Crippen LogP contribution is 2.23. The highest BCUT2D eigenvalue weighted by atomic mass is 79.9. The molecule has 2 N–H and O–H groups in total. The number of thioether (sulfide) groups is 1. The maximum atomic E-state index is 9.45. The van der Waals surface area contributed by atoms with Crippen molar-refractivity contribution < 1.29 is 9.84 Å². The summed E-state index contributed by atoms with van der Waals surface area (Å²) < 4.78 is 5.15. The summed E-state index contributed by atoms with van der Waals surface area (Å²) in [7, 11) is 1.64. The fourth-order valence-electron chi connectivity index (χ4n) is 1.38. The van der Waals surface area contributed by atoms with Crippen LogP contribution in [0, 0.1) is 0 Å². The number of ether oxygens (including phenoxy) is 1. The van der Waals surface area contributed by atoms with Crippen molar-refractivity contribution >= 4 is 38.7 Å². The maximum absolute atomic E-state index is 9.45. The number of methoxy groups -OCH3 is 1. The monoisotopic (exact) mass is 316 g/mol. The summed E-state index contributed by atoms with van der Waals surface area (Å²) in [6.07, 6.45) is -0.359. The minimum atomic E-state index is -0.359. The zero-order valence-corrected chi connectivity index (χ0v) is 11.7. The van der Waals surface area contributed by atoms with Crippen molar-refractivity contribution in [1.29, 1.82) is 0 Å². The number of rotatable bonds is 5. The van der Waals surface area contributed by atoms with E-state index in [1.165, 1.54) is 11.8 Å². The maximum Gasteiger partial charge on any atom is 0.166 e. The third-order valence-corrected chi connectivity index (χ3v) is 4.02. The summed E-state index contributed by atoms with van der Waals surface area (Å²) in [5.41, 5.74) is 1.85. The van der Waals surface area contributed by atoms with Gasteiger partial charge in [0, 0.05) is 17.1 Å². The summed E-state index contributed by atoms with van der Waals surface area (Å²) in [5, 5.41) is 10.8. The van der Waals surface area contributed by atoms with Crippen molar-refractivity contribution in [3.63, 3.8) is 0 Å². The Morgan fingerprint density at radius 2 is 2.41 bits per heavy atom. The SMILES string of the molecule is COc1ccc2nc(SCC(O)CBr)[nH]c2c1. The topological polar surface area (TPSA) is 58.1 Å². The number of H-pyrrole nitrogens is 1. The highest BCUT2D eigenvalue weighted by molar-refractivity contribution is 9.09. The summed E-state index contributed by atoms with van der Waals surface area (Å²) in [5.74, 6) is 1.42. The molecule has 1 aromatic heterocycles. The number of aromatic nitrogens is 2. The van der Waals surface area contributed by atoms with E-state index in [0.29, 0.717) is 11.1 Å².